The average molecular weight is 490 g/mol. The molecule has 2 aromatic rings. The van der Waals surface area contributed by atoms with E-state index in [1.54, 1.807) is 36.4 Å². The van der Waals surface area contributed by atoms with E-state index < -0.39 is 6.04 Å². The fourth-order valence-electron chi connectivity index (χ4n) is 3.07. The Labute approximate surface area is 197 Å². The van der Waals surface area contributed by atoms with E-state index in [9.17, 15) is 9.59 Å². The van der Waals surface area contributed by atoms with Crippen LogP contribution in [0.2, 0.25) is 20.1 Å². The fourth-order valence-corrected chi connectivity index (χ4v) is 4.06. The first kappa shape index (κ1) is 24.8. The van der Waals surface area contributed by atoms with E-state index in [0.717, 1.165) is 6.42 Å². The topological polar surface area (TPSA) is 49.4 Å². The molecule has 0 aliphatic rings. The molecule has 2 amide bonds. The third kappa shape index (κ3) is 6.52. The Bertz CT molecular complexity index is 884. The lowest BCUT2D eigenvalue weighted by molar-refractivity contribution is -0.140. The molecule has 0 unspecified atom stereocenters. The first-order valence-corrected chi connectivity index (χ1v) is 11.2. The summed E-state index contributed by atoms with van der Waals surface area (Å²) in [6.07, 6.45) is 1.26. The molecule has 2 aromatic carbocycles. The molecule has 30 heavy (non-hydrogen) atoms. The largest absolute Gasteiger partial charge is 0.354 e. The molecule has 0 fully saturated rings. The highest BCUT2D eigenvalue weighted by molar-refractivity contribution is 6.36. The molecular weight excluding hydrogens is 466 g/mol. The quantitative estimate of drug-likeness (QED) is 0.457. The third-order valence-electron chi connectivity index (χ3n) is 4.68. The van der Waals surface area contributed by atoms with Gasteiger partial charge in [0, 0.05) is 38.7 Å². The van der Waals surface area contributed by atoms with Gasteiger partial charge in [-0.1, -0.05) is 72.4 Å². The van der Waals surface area contributed by atoms with Crippen LogP contribution in [0.5, 0.6) is 0 Å². The fraction of sp³-hybridized carbons (Fsp3) is 0.364. The summed E-state index contributed by atoms with van der Waals surface area (Å²) in [5.41, 5.74) is 1.23. The predicted molar refractivity (Wildman–Crippen MR) is 125 cm³/mol. The maximum Gasteiger partial charge on any atom is 0.242 e. The van der Waals surface area contributed by atoms with Crippen molar-refractivity contribution in [1.29, 1.82) is 0 Å². The first-order valence-electron chi connectivity index (χ1n) is 9.72. The van der Waals surface area contributed by atoms with Gasteiger partial charge in [-0.25, -0.2) is 0 Å². The molecule has 2 rings (SSSR count). The van der Waals surface area contributed by atoms with E-state index in [-0.39, 0.29) is 24.8 Å². The maximum atomic E-state index is 13.3. The zero-order chi connectivity index (χ0) is 22.3. The average Bonchev–Trinajstić information content (AvgIpc) is 2.70. The van der Waals surface area contributed by atoms with Gasteiger partial charge < -0.3 is 10.2 Å². The van der Waals surface area contributed by atoms with Crippen molar-refractivity contribution >= 4 is 58.2 Å². The number of halogens is 4. The lowest BCUT2D eigenvalue weighted by Crippen LogP contribution is -2.49. The number of amides is 2. The van der Waals surface area contributed by atoms with E-state index in [1.807, 2.05) is 13.8 Å². The van der Waals surface area contributed by atoms with Crippen molar-refractivity contribution in [3.8, 4) is 0 Å². The molecule has 8 heteroatoms. The number of hydrogen-bond acceptors (Lipinski definition) is 2. The summed E-state index contributed by atoms with van der Waals surface area (Å²) >= 11 is 24.9. The molecule has 0 radical (unpaired) electrons. The highest BCUT2D eigenvalue weighted by atomic mass is 35.5. The minimum atomic E-state index is -0.664. The Morgan fingerprint density at radius 3 is 2.23 bits per heavy atom. The van der Waals surface area contributed by atoms with Crippen molar-refractivity contribution < 1.29 is 9.59 Å². The van der Waals surface area contributed by atoms with Gasteiger partial charge in [-0.2, -0.15) is 0 Å². The molecule has 0 saturated carbocycles. The lowest BCUT2D eigenvalue weighted by atomic mass is 10.1. The van der Waals surface area contributed by atoms with Crippen LogP contribution < -0.4 is 5.32 Å². The molecule has 162 valence electrons. The van der Waals surface area contributed by atoms with Crippen molar-refractivity contribution in [1.82, 2.24) is 10.2 Å². The van der Waals surface area contributed by atoms with Gasteiger partial charge >= 0.3 is 0 Å². The number of rotatable bonds is 9. The number of hydrogen-bond donors (Lipinski definition) is 1. The monoisotopic (exact) mass is 488 g/mol. The van der Waals surface area contributed by atoms with Gasteiger partial charge in [0.25, 0.3) is 0 Å². The van der Waals surface area contributed by atoms with Gasteiger partial charge in [-0.3, -0.25) is 9.59 Å². The van der Waals surface area contributed by atoms with Gasteiger partial charge in [-0.05, 0) is 42.7 Å². The standard InChI is InChI=1S/C22H24Cl4N2O2/c1-3-10-27-22(30)20(4-2)28(13-16-17(24)6-5-7-18(16)25)21(29)11-14-8-9-15(23)12-19(14)26/h5-9,12,20H,3-4,10-11,13H2,1-2H3,(H,27,30)/t20-/m1/s1. The highest BCUT2D eigenvalue weighted by Crippen LogP contribution is 2.28. The second kappa shape index (κ2) is 11.8. The van der Waals surface area contributed by atoms with Crippen LogP contribution >= 0.6 is 46.4 Å². The summed E-state index contributed by atoms with van der Waals surface area (Å²) in [6, 6.07) is 9.46. The van der Waals surface area contributed by atoms with Crippen LogP contribution in [0.15, 0.2) is 36.4 Å². The van der Waals surface area contributed by atoms with Crippen LogP contribution in [0.3, 0.4) is 0 Å². The molecule has 0 heterocycles. The van der Waals surface area contributed by atoms with E-state index in [0.29, 0.717) is 44.2 Å². The van der Waals surface area contributed by atoms with Gasteiger partial charge in [0.05, 0.1) is 6.42 Å². The molecule has 1 N–H and O–H groups in total. The summed E-state index contributed by atoms with van der Waals surface area (Å²) in [6.45, 7) is 4.48. The number of benzene rings is 2. The van der Waals surface area contributed by atoms with Gasteiger partial charge in [0.15, 0.2) is 0 Å². The maximum absolute atomic E-state index is 13.3. The van der Waals surface area contributed by atoms with Crippen LogP contribution in [0.4, 0.5) is 0 Å². The van der Waals surface area contributed by atoms with Crippen molar-refractivity contribution in [2.45, 2.75) is 45.7 Å². The van der Waals surface area contributed by atoms with Crippen LogP contribution in [-0.2, 0) is 22.6 Å². The summed E-state index contributed by atoms with van der Waals surface area (Å²) in [7, 11) is 0. The van der Waals surface area contributed by atoms with E-state index >= 15 is 0 Å². The van der Waals surface area contributed by atoms with E-state index in [2.05, 4.69) is 5.32 Å². The molecule has 0 bridgehead atoms. The number of nitrogens with zero attached hydrogens (tertiary/aromatic N) is 1. The summed E-state index contributed by atoms with van der Waals surface area (Å²) in [5.74, 6) is -0.466. The number of carbonyl (C=O) groups is 2. The third-order valence-corrected chi connectivity index (χ3v) is 5.98. The van der Waals surface area contributed by atoms with Crippen molar-refractivity contribution in [2.24, 2.45) is 0 Å². The number of nitrogens with one attached hydrogen (secondary N) is 1. The molecular formula is C22H24Cl4N2O2. The Morgan fingerprint density at radius 2 is 1.67 bits per heavy atom. The van der Waals surface area contributed by atoms with Gasteiger partial charge in [0.1, 0.15) is 6.04 Å². The molecule has 0 saturated heterocycles. The molecule has 0 spiro atoms. The second-order valence-electron chi connectivity index (χ2n) is 6.85. The van der Waals surface area contributed by atoms with E-state index in [1.165, 1.54) is 4.90 Å². The summed E-state index contributed by atoms with van der Waals surface area (Å²) in [4.78, 5) is 27.6. The predicted octanol–water partition coefficient (Wildman–Crippen LogP) is 6.18. The zero-order valence-electron chi connectivity index (χ0n) is 16.9. The van der Waals surface area contributed by atoms with Crippen LogP contribution in [0.25, 0.3) is 0 Å². The minimum Gasteiger partial charge on any atom is -0.354 e. The number of carbonyl (C=O) groups excluding carboxylic acids is 2. The molecule has 4 nitrogen and oxygen atoms in total. The normalized spacial score (nSPS) is 11.8. The van der Waals surface area contributed by atoms with Crippen molar-refractivity contribution in [3.05, 3.63) is 67.6 Å². The Hall–Kier alpha value is -1.46. The molecule has 0 aromatic heterocycles. The molecule has 1 atom stereocenters. The lowest BCUT2D eigenvalue weighted by Gasteiger charge is -2.31. The van der Waals surface area contributed by atoms with Crippen molar-refractivity contribution in [3.63, 3.8) is 0 Å². The smallest absolute Gasteiger partial charge is 0.242 e. The Morgan fingerprint density at radius 1 is 1.00 bits per heavy atom. The zero-order valence-corrected chi connectivity index (χ0v) is 19.9. The highest BCUT2D eigenvalue weighted by Gasteiger charge is 2.29. The first-order chi connectivity index (χ1) is 14.3. The molecule has 0 aliphatic heterocycles. The van der Waals surface area contributed by atoms with Gasteiger partial charge in [-0.15, -0.1) is 0 Å². The SMILES string of the molecule is CCCNC(=O)[C@@H](CC)N(Cc1c(Cl)cccc1Cl)C(=O)Cc1ccc(Cl)cc1Cl. The minimum absolute atomic E-state index is 0.0234. The van der Waals surface area contributed by atoms with Crippen LogP contribution in [0.1, 0.15) is 37.8 Å². The van der Waals surface area contributed by atoms with Gasteiger partial charge in [0.2, 0.25) is 11.8 Å². The summed E-state index contributed by atoms with van der Waals surface area (Å²) in [5, 5.41) is 4.64. The second-order valence-corrected chi connectivity index (χ2v) is 8.51. The molecule has 0 aliphatic carbocycles. The van der Waals surface area contributed by atoms with Crippen LogP contribution in [0, 0.1) is 0 Å². The Balaban J connectivity index is 2.38. The van der Waals surface area contributed by atoms with Crippen LogP contribution in [-0.4, -0.2) is 29.3 Å². The summed E-state index contributed by atoms with van der Waals surface area (Å²) < 4.78 is 0. The Kier molecular flexibility index (Phi) is 9.76. The van der Waals surface area contributed by atoms with Crippen molar-refractivity contribution in [2.75, 3.05) is 6.54 Å². The van der Waals surface area contributed by atoms with E-state index in [4.69, 9.17) is 46.4 Å².